The van der Waals surface area contributed by atoms with Crippen LogP contribution in [0.3, 0.4) is 0 Å². The molecule has 0 saturated carbocycles. The number of nitrogens with one attached hydrogen (secondary N) is 2. The van der Waals surface area contributed by atoms with Crippen molar-refractivity contribution in [3.63, 3.8) is 0 Å². The van der Waals surface area contributed by atoms with Crippen LogP contribution < -0.4 is 10.6 Å². The minimum atomic E-state index is 0.0597. The summed E-state index contributed by atoms with van der Waals surface area (Å²) in [5.41, 5.74) is 4.39. The number of piperazine rings is 1. The van der Waals surface area contributed by atoms with Crippen LogP contribution in [0.5, 0.6) is 0 Å². The van der Waals surface area contributed by atoms with Gasteiger partial charge in [0.1, 0.15) is 5.58 Å². The lowest BCUT2D eigenvalue weighted by atomic mass is 9.95. The number of amides is 1. The average Bonchev–Trinajstić information content (AvgIpc) is 2.96. The molecule has 0 radical (unpaired) electrons. The van der Waals surface area contributed by atoms with E-state index in [1.807, 2.05) is 0 Å². The summed E-state index contributed by atoms with van der Waals surface area (Å²) in [5, 5.41) is 7.44. The smallest absolute Gasteiger partial charge is 0.224 e. The van der Waals surface area contributed by atoms with Crippen LogP contribution in [0.15, 0.2) is 22.8 Å². The minimum absolute atomic E-state index is 0.0597. The van der Waals surface area contributed by atoms with Gasteiger partial charge in [-0.2, -0.15) is 0 Å². The summed E-state index contributed by atoms with van der Waals surface area (Å²) >= 11 is 0. The van der Waals surface area contributed by atoms with E-state index in [1.54, 1.807) is 6.26 Å². The molecule has 0 bridgehead atoms. The normalized spacial score (nSPS) is 15.8. The number of carbonyl (C=O) groups excluding carboxylic acids is 1. The van der Waals surface area contributed by atoms with Gasteiger partial charge >= 0.3 is 0 Å². The van der Waals surface area contributed by atoms with Crippen LogP contribution in [0, 0.1) is 6.92 Å². The maximum absolute atomic E-state index is 12.3. The highest BCUT2D eigenvalue weighted by Gasteiger charge is 2.14. The molecule has 5 heteroatoms. The summed E-state index contributed by atoms with van der Waals surface area (Å²) in [6.07, 6.45) is 2.10. The number of rotatable bonds is 6. The predicted octanol–water partition coefficient (Wildman–Crippen LogP) is 2.43. The molecule has 3 rings (SSSR count). The topological polar surface area (TPSA) is 57.5 Å². The molecule has 5 nitrogen and oxygen atoms in total. The Bertz CT molecular complexity index is 730. The van der Waals surface area contributed by atoms with Crippen LogP contribution >= 0.6 is 0 Å². The number of hydrogen-bond acceptors (Lipinski definition) is 4. The van der Waals surface area contributed by atoms with Crippen molar-refractivity contribution in [3.05, 3.63) is 35.1 Å². The van der Waals surface area contributed by atoms with E-state index in [1.165, 1.54) is 11.1 Å². The molecular formula is C20H29N3O2. The molecule has 0 unspecified atom stereocenters. The zero-order chi connectivity index (χ0) is 17.8. The van der Waals surface area contributed by atoms with Crippen molar-refractivity contribution in [1.29, 1.82) is 0 Å². The largest absolute Gasteiger partial charge is 0.464 e. The van der Waals surface area contributed by atoms with Gasteiger partial charge in [0.05, 0.1) is 12.7 Å². The molecule has 1 saturated heterocycles. The number of furan rings is 1. The van der Waals surface area contributed by atoms with Crippen molar-refractivity contribution in [3.8, 4) is 0 Å². The fraction of sp³-hybridized carbons (Fsp3) is 0.550. The Hall–Kier alpha value is -1.85. The zero-order valence-electron chi connectivity index (χ0n) is 15.5. The molecule has 2 heterocycles. The summed E-state index contributed by atoms with van der Waals surface area (Å²) in [6, 6.07) is 4.26. The first-order valence-corrected chi connectivity index (χ1v) is 9.25. The zero-order valence-corrected chi connectivity index (χ0v) is 15.5. The molecule has 0 spiro atoms. The van der Waals surface area contributed by atoms with Gasteiger partial charge in [0, 0.05) is 50.2 Å². The van der Waals surface area contributed by atoms with Crippen molar-refractivity contribution in [2.75, 3.05) is 39.3 Å². The Labute approximate surface area is 149 Å². The number of carbonyl (C=O) groups is 1. The molecule has 1 fully saturated rings. The van der Waals surface area contributed by atoms with E-state index < -0.39 is 0 Å². The van der Waals surface area contributed by atoms with Gasteiger partial charge < -0.3 is 15.1 Å². The van der Waals surface area contributed by atoms with E-state index in [9.17, 15) is 4.79 Å². The fourth-order valence-corrected chi connectivity index (χ4v) is 3.53. The number of benzene rings is 1. The molecule has 1 amide bonds. The predicted molar refractivity (Wildman–Crippen MR) is 101 cm³/mol. The number of nitrogens with zero attached hydrogens (tertiary/aromatic N) is 1. The van der Waals surface area contributed by atoms with Gasteiger partial charge in [-0.15, -0.1) is 0 Å². The summed E-state index contributed by atoms with van der Waals surface area (Å²) in [5.74, 6) is 0.518. The second-order valence-electron chi connectivity index (χ2n) is 7.24. The van der Waals surface area contributed by atoms with E-state index in [0.29, 0.717) is 18.9 Å². The molecule has 1 aromatic carbocycles. The van der Waals surface area contributed by atoms with Crippen LogP contribution in [0.2, 0.25) is 0 Å². The first kappa shape index (κ1) is 18.0. The third-order valence-electron chi connectivity index (χ3n) is 4.98. The molecule has 2 N–H and O–H groups in total. The van der Waals surface area contributed by atoms with Crippen LogP contribution in [0.1, 0.15) is 36.5 Å². The summed E-state index contributed by atoms with van der Waals surface area (Å²) in [6.45, 7) is 12.3. The van der Waals surface area contributed by atoms with Crippen molar-refractivity contribution in [2.45, 2.75) is 33.1 Å². The van der Waals surface area contributed by atoms with Gasteiger partial charge in [-0.25, -0.2) is 0 Å². The molecular weight excluding hydrogens is 314 g/mol. The first-order chi connectivity index (χ1) is 12.0. The second-order valence-corrected chi connectivity index (χ2v) is 7.24. The van der Waals surface area contributed by atoms with E-state index in [-0.39, 0.29) is 5.91 Å². The first-order valence-electron chi connectivity index (χ1n) is 9.25. The number of aryl methyl sites for hydroxylation is 1. The molecule has 25 heavy (non-hydrogen) atoms. The van der Waals surface area contributed by atoms with Crippen molar-refractivity contribution in [2.24, 2.45) is 0 Å². The van der Waals surface area contributed by atoms with Gasteiger partial charge in [-0.3, -0.25) is 9.69 Å². The van der Waals surface area contributed by atoms with Crippen LogP contribution in [-0.2, 0) is 11.2 Å². The molecule has 1 aliphatic heterocycles. The number of hydrogen-bond donors (Lipinski definition) is 2. The quantitative estimate of drug-likeness (QED) is 0.846. The standard InChI is InChI=1S/C20H29N3O2/c1-14(2)17-12-18-16(13-25-19(18)10-15(17)3)11-20(24)22-6-9-23-7-4-21-5-8-23/h10,12-14,21H,4-9,11H2,1-3H3,(H,22,24). The second kappa shape index (κ2) is 8.02. The average molecular weight is 343 g/mol. The van der Waals surface area contributed by atoms with Gasteiger partial charge in [-0.1, -0.05) is 13.8 Å². The Balaban J connectivity index is 1.60. The third kappa shape index (κ3) is 4.41. The van der Waals surface area contributed by atoms with Crippen LogP contribution in [0.25, 0.3) is 11.0 Å². The summed E-state index contributed by atoms with van der Waals surface area (Å²) in [4.78, 5) is 14.7. The Morgan fingerprint density at radius 3 is 2.80 bits per heavy atom. The van der Waals surface area contributed by atoms with Gasteiger partial charge in [0.25, 0.3) is 0 Å². The summed E-state index contributed by atoms with van der Waals surface area (Å²) in [7, 11) is 0. The molecule has 1 aliphatic rings. The van der Waals surface area contributed by atoms with Crippen LogP contribution in [0.4, 0.5) is 0 Å². The highest BCUT2D eigenvalue weighted by Crippen LogP contribution is 2.29. The SMILES string of the molecule is Cc1cc2occ(CC(=O)NCCN3CCNCC3)c2cc1C(C)C. The lowest BCUT2D eigenvalue weighted by Gasteiger charge is -2.27. The monoisotopic (exact) mass is 343 g/mol. The fourth-order valence-electron chi connectivity index (χ4n) is 3.53. The van der Waals surface area contributed by atoms with Crippen LogP contribution in [-0.4, -0.2) is 50.1 Å². The van der Waals surface area contributed by atoms with Gasteiger partial charge in [0.15, 0.2) is 0 Å². The maximum Gasteiger partial charge on any atom is 0.224 e. The lowest BCUT2D eigenvalue weighted by Crippen LogP contribution is -2.46. The van der Waals surface area contributed by atoms with Crippen molar-refractivity contribution < 1.29 is 9.21 Å². The van der Waals surface area contributed by atoms with E-state index >= 15 is 0 Å². The number of fused-ring (bicyclic) bond motifs is 1. The van der Waals surface area contributed by atoms with E-state index in [4.69, 9.17) is 4.42 Å². The minimum Gasteiger partial charge on any atom is -0.464 e. The molecule has 0 aliphatic carbocycles. The van der Waals surface area contributed by atoms with E-state index in [0.717, 1.165) is 49.3 Å². The molecule has 136 valence electrons. The van der Waals surface area contributed by atoms with Gasteiger partial charge in [-0.05, 0) is 36.1 Å². The molecule has 1 aromatic heterocycles. The Morgan fingerprint density at radius 1 is 1.32 bits per heavy atom. The summed E-state index contributed by atoms with van der Waals surface area (Å²) < 4.78 is 5.67. The third-order valence-corrected chi connectivity index (χ3v) is 4.98. The highest BCUT2D eigenvalue weighted by atomic mass is 16.3. The Kier molecular flexibility index (Phi) is 5.76. The van der Waals surface area contributed by atoms with Gasteiger partial charge in [0.2, 0.25) is 5.91 Å². The van der Waals surface area contributed by atoms with Crippen molar-refractivity contribution in [1.82, 2.24) is 15.5 Å². The maximum atomic E-state index is 12.3. The van der Waals surface area contributed by atoms with E-state index in [2.05, 4.69) is 48.4 Å². The highest BCUT2D eigenvalue weighted by molar-refractivity contribution is 5.88. The lowest BCUT2D eigenvalue weighted by molar-refractivity contribution is -0.120. The van der Waals surface area contributed by atoms with Crippen molar-refractivity contribution >= 4 is 16.9 Å². The Morgan fingerprint density at radius 2 is 2.08 bits per heavy atom. The molecule has 0 atom stereocenters. The molecule has 2 aromatic rings.